The van der Waals surface area contributed by atoms with Gasteiger partial charge in [0.05, 0.1) is 18.1 Å². The first-order valence-electron chi connectivity index (χ1n) is 6.82. The van der Waals surface area contributed by atoms with Crippen molar-refractivity contribution in [3.63, 3.8) is 0 Å². The number of likely N-dealkylation sites (tertiary alicyclic amines) is 1. The number of carbonyl (C=O) groups excluding carboxylic acids is 2. The van der Waals surface area contributed by atoms with Gasteiger partial charge in [0.15, 0.2) is 0 Å². The minimum absolute atomic E-state index is 0. The number of hydrogen-bond acceptors (Lipinski definition) is 4. The first-order valence-corrected chi connectivity index (χ1v) is 6.82. The molecule has 1 unspecified atom stereocenters. The van der Waals surface area contributed by atoms with Crippen LogP contribution >= 0.6 is 12.4 Å². The fourth-order valence-electron chi connectivity index (χ4n) is 2.92. The van der Waals surface area contributed by atoms with Crippen molar-refractivity contribution in [1.82, 2.24) is 15.5 Å². The molecule has 2 heterocycles. The summed E-state index contributed by atoms with van der Waals surface area (Å²) in [4.78, 5) is 25.7. The van der Waals surface area contributed by atoms with Crippen molar-refractivity contribution >= 4 is 24.2 Å². The summed E-state index contributed by atoms with van der Waals surface area (Å²) < 4.78 is 5.25. The van der Waals surface area contributed by atoms with Crippen molar-refractivity contribution in [2.75, 3.05) is 40.4 Å². The second kappa shape index (κ2) is 7.24. The summed E-state index contributed by atoms with van der Waals surface area (Å²) in [5.74, 6) is 0.125. The Labute approximate surface area is 126 Å². The molecule has 0 saturated carbocycles. The van der Waals surface area contributed by atoms with Crippen LogP contribution in [-0.2, 0) is 14.3 Å². The standard InChI is InChI=1S/C13H23N3O3.ClH/c1-16-8-10(7-11(16)17)15-12(18)13(9-19-2)3-5-14-6-4-13;/h10,14H,3-9H2,1-2H3,(H,15,18);1H. The highest BCUT2D eigenvalue weighted by Crippen LogP contribution is 2.30. The summed E-state index contributed by atoms with van der Waals surface area (Å²) in [5.41, 5.74) is -0.440. The van der Waals surface area contributed by atoms with Gasteiger partial charge < -0.3 is 20.3 Å². The molecule has 0 aromatic heterocycles. The van der Waals surface area contributed by atoms with Gasteiger partial charge in [-0.25, -0.2) is 0 Å². The molecule has 0 aromatic carbocycles. The minimum Gasteiger partial charge on any atom is -0.384 e. The van der Waals surface area contributed by atoms with E-state index in [1.54, 1.807) is 19.1 Å². The molecule has 0 bridgehead atoms. The average molecular weight is 306 g/mol. The van der Waals surface area contributed by atoms with E-state index in [4.69, 9.17) is 4.74 Å². The van der Waals surface area contributed by atoms with Gasteiger partial charge in [0.1, 0.15) is 0 Å². The SMILES string of the molecule is COCC1(C(=O)NC2CC(=O)N(C)C2)CCNCC1.Cl. The third kappa shape index (κ3) is 3.62. The van der Waals surface area contributed by atoms with Gasteiger partial charge in [-0.05, 0) is 25.9 Å². The maximum absolute atomic E-state index is 12.5. The quantitative estimate of drug-likeness (QED) is 0.753. The smallest absolute Gasteiger partial charge is 0.228 e. The highest BCUT2D eigenvalue weighted by molar-refractivity contribution is 5.86. The molecular weight excluding hydrogens is 282 g/mol. The van der Waals surface area contributed by atoms with E-state index in [2.05, 4.69) is 10.6 Å². The summed E-state index contributed by atoms with van der Waals surface area (Å²) in [6.45, 7) is 2.71. The van der Waals surface area contributed by atoms with Crippen molar-refractivity contribution in [1.29, 1.82) is 0 Å². The molecule has 2 saturated heterocycles. The van der Waals surface area contributed by atoms with Gasteiger partial charge in [-0.2, -0.15) is 0 Å². The number of piperidine rings is 1. The lowest BCUT2D eigenvalue weighted by molar-refractivity contribution is -0.136. The van der Waals surface area contributed by atoms with Crippen LogP contribution in [0.25, 0.3) is 0 Å². The third-order valence-electron chi connectivity index (χ3n) is 4.14. The Bertz CT molecular complexity index is 353. The van der Waals surface area contributed by atoms with Crippen LogP contribution in [0.3, 0.4) is 0 Å². The Hall–Kier alpha value is -0.850. The van der Waals surface area contributed by atoms with E-state index in [9.17, 15) is 9.59 Å². The summed E-state index contributed by atoms with van der Waals surface area (Å²) in [6.07, 6.45) is 1.97. The van der Waals surface area contributed by atoms with E-state index in [0.717, 1.165) is 25.9 Å². The van der Waals surface area contributed by atoms with Crippen LogP contribution < -0.4 is 10.6 Å². The molecule has 2 fully saturated rings. The van der Waals surface area contributed by atoms with Gasteiger partial charge in [0.25, 0.3) is 0 Å². The second-order valence-corrected chi connectivity index (χ2v) is 5.61. The van der Waals surface area contributed by atoms with Crippen LogP contribution in [0.2, 0.25) is 0 Å². The van der Waals surface area contributed by atoms with Crippen molar-refractivity contribution in [3.8, 4) is 0 Å². The fourth-order valence-corrected chi connectivity index (χ4v) is 2.92. The Morgan fingerprint density at radius 2 is 2.15 bits per heavy atom. The van der Waals surface area contributed by atoms with E-state index in [1.165, 1.54) is 0 Å². The summed E-state index contributed by atoms with van der Waals surface area (Å²) in [7, 11) is 3.40. The second-order valence-electron chi connectivity index (χ2n) is 5.61. The Kier molecular flexibility index (Phi) is 6.23. The highest BCUT2D eigenvalue weighted by atomic mass is 35.5. The number of ether oxygens (including phenoxy) is 1. The van der Waals surface area contributed by atoms with Gasteiger partial charge in [-0.3, -0.25) is 9.59 Å². The van der Waals surface area contributed by atoms with Gasteiger partial charge >= 0.3 is 0 Å². The highest BCUT2D eigenvalue weighted by Gasteiger charge is 2.41. The maximum atomic E-state index is 12.5. The van der Waals surface area contributed by atoms with E-state index >= 15 is 0 Å². The number of carbonyl (C=O) groups is 2. The van der Waals surface area contributed by atoms with Crippen molar-refractivity contribution in [2.24, 2.45) is 5.41 Å². The fraction of sp³-hybridized carbons (Fsp3) is 0.846. The molecule has 0 spiro atoms. The normalized spacial score (nSPS) is 25.2. The zero-order chi connectivity index (χ0) is 13.9. The lowest BCUT2D eigenvalue weighted by Crippen LogP contribution is -2.52. The van der Waals surface area contributed by atoms with Crippen LogP contribution in [0.4, 0.5) is 0 Å². The Balaban J connectivity index is 0.00000200. The van der Waals surface area contributed by atoms with Crippen LogP contribution in [0.15, 0.2) is 0 Å². The van der Waals surface area contributed by atoms with Gasteiger partial charge in [-0.15, -0.1) is 12.4 Å². The van der Waals surface area contributed by atoms with Crippen molar-refractivity contribution in [2.45, 2.75) is 25.3 Å². The first-order chi connectivity index (χ1) is 9.07. The van der Waals surface area contributed by atoms with E-state index in [-0.39, 0.29) is 30.3 Å². The third-order valence-corrected chi connectivity index (χ3v) is 4.14. The van der Waals surface area contributed by atoms with Crippen LogP contribution in [0.5, 0.6) is 0 Å². The van der Waals surface area contributed by atoms with E-state index in [0.29, 0.717) is 19.6 Å². The molecule has 7 heteroatoms. The first kappa shape index (κ1) is 17.2. The summed E-state index contributed by atoms with van der Waals surface area (Å²) >= 11 is 0. The predicted molar refractivity (Wildman–Crippen MR) is 77.8 cm³/mol. The van der Waals surface area contributed by atoms with Gasteiger partial charge in [0, 0.05) is 27.1 Å². The molecular formula is C13H24ClN3O3. The molecule has 2 aliphatic rings. The molecule has 116 valence electrons. The number of hydrogen-bond donors (Lipinski definition) is 2. The molecule has 0 aliphatic carbocycles. The number of rotatable bonds is 4. The Morgan fingerprint density at radius 1 is 1.50 bits per heavy atom. The number of nitrogens with zero attached hydrogens (tertiary/aromatic N) is 1. The monoisotopic (exact) mass is 305 g/mol. The summed E-state index contributed by atoms with van der Waals surface area (Å²) in [6, 6.07) is -0.0615. The van der Waals surface area contributed by atoms with Gasteiger partial charge in [0.2, 0.25) is 11.8 Å². The van der Waals surface area contributed by atoms with Crippen molar-refractivity contribution < 1.29 is 14.3 Å². The summed E-state index contributed by atoms with van der Waals surface area (Å²) in [5, 5.41) is 6.29. The number of halogens is 1. The number of likely N-dealkylation sites (N-methyl/N-ethyl adjacent to an activating group) is 1. The molecule has 1 atom stereocenters. The van der Waals surface area contributed by atoms with Crippen LogP contribution in [0, 0.1) is 5.41 Å². The minimum atomic E-state index is -0.440. The Morgan fingerprint density at radius 3 is 2.65 bits per heavy atom. The zero-order valence-electron chi connectivity index (χ0n) is 12.1. The van der Waals surface area contributed by atoms with Crippen LogP contribution in [0.1, 0.15) is 19.3 Å². The van der Waals surface area contributed by atoms with Gasteiger partial charge in [-0.1, -0.05) is 0 Å². The molecule has 6 nitrogen and oxygen atoms in total. The maximum Gasteiger partial charge on any atom is 0.228 e. The molecule has 2 rings (SSSR count). The molecule has 2 aliphatic heterocycles. The largest absolute Gasteiger partial charge is 0.384 e. The number of amides is 2. The predicted octanol–water partition coefficient (Wildman–Crippen LogP) is -0.229. The van der Waals surface area contributed by atoms with E-state index < -0.39 is 5.41 Å². The zero-order valence-corrected chi connectivity index (χ0v) is 12.9. The number of nitrogens with one attached hydrogen (secondary N) is 2. The van der Waals surface area contributed by atoms with E-state index in [1.807, 2.05) is 0 Å². The molecule has 0 aromatic rings. The lowest BCUT2D eigenvalue weighted by atomic mass is 9.78. The number of methoxy groups -OCH3 is 1. The topological polar surface area (TPSA) is 70.7 Å². The lowest BCUT2D eigenvalue weighted by Gasteiger charge is -2.36. The van der Waals surface area contributed by atoms with Crippen LogP contribution in [-0.4, -0.2) is 63.2 Å². The van der Waals surface area contributed by atoms with Crippen molar-refractivity contribution in [3.05, 3.63) is 0 Å². The molecule has 0 radical (unpaired) electrons. The average Bonchev–Trinajstić information content (AvgIpc) is 2.69. The molecule has 20 heavy (non-hydrogen) atoms. The molecule has 2 amide bonds. The molecule has 2 N–H and O–H groups in total.